The summed E-state index contributed by atoms with van der Waals surface area (Å²) < 4.78 is 5.26. The van der Waals surface area contributed by atoms with Crippen LogP contribution in [0.1, 0.15) is 12.8 Å². The predicted octanol–water partition coefficient (Wildman–Crippen LogP) is 1.09. The molecule has 0 radical (unpaired) electrons. The van der Waals surface area contributed by atoms with Crippen molar-refractivity contribution in [2.45, 2.75) is 12.8 Å². The molecule has 1 aliphatic rings. The molecule has 0 aromatic carbocycles. The minimum atomic E-state index is 0.0425. The summed E-state index contributed by atoms with van der Waals surface area (Å²) in [5.74, 6) is 0.538. The molecule has 2 N–H and O–H groups in total. The molecule has 6 nitrogen and oxygen atoms in total. The second kappa shape index (κ2) is 6.56. The Bertz CT molecular complexity index is 470. The van der Waals surface area contributed by atoms with Crippen molar-refractivity contribution in [2.24, 2.45) is 5.92 Å². The highest BCUT2D eigenvalue weighted by molar-refractivity contribution is 5.97. The number of pyridine rings is 1. The third-order valence-electron chi connectivity index (χ3n) is 3.53. The third kappa shape index (κ3) is 3.19. The van der Waals surface area contributed by atoms with Crippen LogP contribution in [0.3, 0.4) is 0 Å². The molecule has 2 heterocycles. The van der Waals surface area contributed by atoms with E-state index in [2.05, 4.69) is 15.6 Å². The van der Waals surface area contributed by atoms with Crippen molar-refractivity contribution in [3.05, 3.63) is 12.3 Å². The minimum Gasteiger partial charge on any atom is -0.479 e. The summed E-state index contributed by atoms with van der Waals surface area (Å²) in [6.45, 7) is 1.78. The Morgan fingerprint density at radius 2 is 2.15 bits per heavy atom. The molecule has 1 aliphatic heterocycles. The van der Waals surface area contributed by atoms with E-state index in [0.717, 1.165) is 31.6 Å². The zero-order chi connectivity index (χ0) is 14.5. The summed E-state index contributed by atoms with van der Waals surface area (Å²) in [5.41, 5.74) is 1.53. The molecule has 1 saturated heterocycles. The average molecular weight is 278 g/mol. The number of piperidine rings is 1. The van der Waals surface area contributed by atoms with E-state index in [-0.39, 0.29) is 11.8 Å². The van der Waals surface area contributed by atoms with Gasteiger partial charge in [-0.2, -0.15) is 0 Å². The number of carbonyl (C=O) groups excluding carboxylic acids is 1. The van der Waals surface area contributed by atoms with Crippen LogP contribution >= 0.6 is 0 Å². The van der Waals surface area contributed by atoms with Crippen LogP contribution < -0.4 is 20.3 Å². The topological polar surface area (TPSA) is 66.5 Å². The highest BCUT2D eigenvalue weighted by atomic mass is 16.5. The summed E-state index contributed by atoms with van der Waals surface area (Å²) in [5, 5.41) is 6.25. The highest BCUT2D eigenvalue weighted by Crippen LogP contribution is 2.32. The van der Waals surface area contributed by atoms with Crippen LogP contribution in [0.4, 0.5) is 11.4 Å². The van der Waals surface area contributed by atoms with Gasteiger partial charge in [-0.1, -0.05) is 0 Å². The summed E-state index contributed by atoms with van der Waals surface area (Å²) in [6, 6.07) is 1.86. The fourth-order valence-electron chi connectivity index (χ4n) is 2.39. The Kier molecular flexibility index (Phi) is 4.79. The van der Waals surface area contributed by atoms with Gasteiger partial charge in [0, 0.05) is 26.2 Å². The van der Waals surface area contributed by atoms with Gasteiger partial charge in [0.1, 0.15) is 5.69 Å². The molecule has 0 saturated carbocycles. The molecule has 1 aromatic rings. The van der Waals surface area contributed by atoms with Crippen LogP contribution in [0.2, 0.25) is 0 Å². The first-order valence-corrected chi connectivity index (χ1v) is 6.85. The van der Waals surface area contributed by atoms with Gasteiger partial charge < -0.3 is 20.3 Å². The number of carbonyl (C=O) groups is 1. The van der Waals surface area contributed by atoms with Crippen LogP contribution in [0.5, 0.6) is 5.88 Å². The number of hydrogen-bond acceptors (Lipinski definition) is 5. The Morgan fingerprint density at radius 1 is 1.45 bits per heavy atom. The van der Waals surface area contributed by atoms with Gasteiger partial charge in [-0.25, -0.2) is 4.98 Å². The Labute approximate surface area is 119 Å². The van der Waals surface area contributed by atoms with Crippen molar-refractivity contribution < 1.29 is 9.53 Å². The number of nitrogens with zero attached hydrogens (tertiary/aromatic N) is 2. The molecule has 6 heteroatoms. The number of anilines is 2. The standard InChI is InChI=1S/C14H22N4O2/c1-18(2)11-6-9-16-14(20-3)12(11)17-13(19)10-4-7-15-8-5-10/h6,9-10,15H,4-5,7-8H2,1-3H3,(H,17,19). The van der Waals surface area contributed by atoms with E-state index >= 15 is 0 Å². The van der Waals surface area contributed by atoms with Gasteiger partial charge in [0.15, 0.2) is 0 Å². The summed E-state index contributed by atoms with van der Waals surface area (Å²) in [7, 11) is 5.41. The van der Waals surface area contributed by atoms with Crippen LogP contribution in [-0.2, 0) is 4.79 Å². The van der Waals surface area contributed by atoms with Crippen molar-refractivity contribution >= 4 is 17.3 Å². The molecule has 110 valence electrons. The number of hydrogen-bond donors (Lipinski definition) is 2. The van der Waals surface area contributed by atoms with E-state index in [1.54, 1.807) is 13.3 Å². The van der Waals surface area contributed by atoms with E-state index in [1.807, 2.05) is 25.1 Å². The number of aromatic nitrogens is 1. The second-order valence-corrected chi connectivity index (χ2v) is 5.12. The van der Waals surface area contributed by atoms with E-state index in [1.165, 1.54) is 0 Å². The van der Waals surface area contributed by atoms with E-state index in [4.69, 9.17) is 4.74 Å². The first kappa shape index (κ1) is 14.6. The third-order valence-corrected chi connectivity index (χ3v) is 3.53. The van der Waals surface area contributed by atoms with Crippen LogP contribution in [-0.4, -0.2) is 45.2 Å². The van der Waals surface area contributed by atoms with Crippen LogP contribution in [0, 0.1) is 5.92 Å². The lowest BCUT2D eigenvalue weighted by molar-refractivity contribution is -0.120. The SMILES string of the molecule is COc1nccc(N(C)C)c1NC(=O)C1CCNCC1. The van der Waals surface area contributed by atoms with Crippen molar-refractivity contribution in [1.82, 2.24) is 10.3 Å². The van der Waals surface area contributed by atoms with Gasteiger partial charge in [0.25, 0.3) is 0 Å². The maximum Gasteiger partial charge on any atom is 0.239 e. The number of ether oxygens (including phenoxy) is 1. The molecule has 1 aromatic heterocycles. The molecule has 20 heavy (non-hydrogen) atoms. The number of amides is 1. The number of nitrogens with one attached hydrogen (secondary N) is 2. The zero-order valence-corrected chi connectivity index (χ0v) is 12.3. The highest BCUT2D eigenvalue weighted by Gasteiger charge is 2.23. The smallest absolute Gasteiger partial charge is 0.239 e. The summed E-state index contributed by atoms with van der Waals surface area (Å²) in [4.78, 5) is 18.5. The lowest BCUT2D eigenvalue weighted by atomic mass is 9.97. The van der Waals surface area contributed by atoms with E-state index < -0.39 is 0 Å². The van der Waals surface area contributed by atoms with E-state index in [9.17, 15) is 4.79 Å². The first-order valence-electron chi connectivity index (χ1n) is 6.85. The molecule has 0 unspecified atom stereocenters. The van der Waals surface area contributed by atoms with Crippen molar-refractivity contribution in [3.8, 4) is 5.88 Å². The molecule has 2 rings (SSSR count). The van der Waals surface area contributed by atoms with Crippen molar-refractivity contribution in [1.29, 1.82) is 0 Å². The molecule has 0 aliphatic carbocycles. The monoisotopic (exact) mass is 278 g/mol. The molecule has 1 amide bonds. The van der Waals surface area contributed by atoms with Crippen molar-refractivity contribution in [3.63, 3.8) is 0 Å². The van der Waals surface area contributed by atoms with Crippen LogP contribution in [0.15, 0.2) is 12.3 Å². The molecular weight excluding hydrogens is 256 g/mol. The maximum atomic E-state index is 12.4. The first-order chi connectivity index (χ1) is 9.63. The molecule has 0 bridgehead atoms. The van der Waals surface area contributed by atoms with Crippen LogP contribution in [0.25, 0.3) is 0 Å². The maximum absolute atomic E-state index is 12.4. The molecule has 1 fully saturated rings. The van der Waals surface area contributed by atoms with Gasteiger partial charge in [0.2, 0.25) is 11.8 Å². The fraction of sp³-hybridized carbons (Fsp3) is 0.571. The number of rotatable bonds is 4. The lowest BCUT2D eigenvalue weighted by Crippen LogP contribution is -2.35. The minimum absolute atomic E-state index is 0.0425. The quantitative estimate of drug-likeness (QED) is 0.863. The summed E-state index contributed by atoms with van der Waals surface area (Å²) in [6.07, 6.45) is 3.41. The molecule has 0 spiro atoms. The van der Waals surface area contributed by atoms with Gasteiger partial charge in [0.05, 0.1) is 12.8 Å². The zero-order valence-electron chi connectivity index (χ0n) is 12.3. The normalized spacial score (nSPS) is 15.8. The molecular formula is C14H22N4O2. The average Bonchev–Trinajstić information content (AvgIpc) is 2.48. The van der Waals surface area contributed by atoms with Gasteiger partial charge >= 0.3 is 0 Å². The number of methoxy groups -OCH3 is 1. The molecule has 0 atom stereocenters. The van der Waals surface area contributed by atoms with Gasteiger partial charge in [-0.05, 0) is 32.0 Å². The fourth-order valence-corrected chi connectivity index (χ4v) is 2.39. The Morgan fingerprint density at radius 3 is 2.75 bits per heavy atom. The Hall–Kier alpha value is -1.82. The largest absolute Gasteiger partial charge is 0.479 e. The Balaban J connectivity index is 2.20. The lowest BCUT2D eigenvalue weighted by Gasteiger charge is -2.24. The van der Waals surface area contributed by atoms with Gasteiger partial charge in [-0.3, -0.25) is 4.79 Å². The second-order valence-electron chi connectivity index (χ2n) is 5.12. The summed E-state index contributed by atoms with van der Waals surface area (Å²) >= 11 is 0. The van der Waals surface area contributed by atoms with Gasteiger partial charge in [-0.15, -0.1) is 0 Å². The van der Waals surface area contributed by atoms with E-state index in [0.29, 0.717) is 11.6 Å². The van der Waals surface area contributed by atoms with Crippen molar-refractivity contribution in [2.75, 3.05) is 44.5 Å². The predicted molar refractivity (Wildman–Crippen MR) is 79.3 cm³/mol.